The number of hydrogen-bond acceptors (Lipinski definition) is 2. The van der Waals surface area contributed by atoms with Gasteiger partial charge in [0.25, 0.3) is 0 Å². The van der Waals surface area contributed by atoms with Crippen LogP contribution in [-0.2, 0) is 29.0 Å². The average Bonchev–Trinajstić information content (AvgIpc) is 3.33. The van der Waals surface area contributed by atoms with Gasteiger partial charge in [0.15, 0.2) is 0 Å². The maximum Gasteiger partial charge on any atom is 0.242 e. The molecule has 3 aromatic carbocycles. The van der Waals surface area contributed by atoms with E-state index >= 15 is 0 Å². The second-order valence-corrected chi connectivity index (χ2v) is 10.6. The minimum Gasteiger partial charge on any atom is -0.361 e. The van der Waals surface area contributed by atoms with Crippen molar-refractivity contribution in [2.24, 2.45) is 5.92 Å². The second kappa shape index (κ2) is 13.3. The van der Waals surface area contributed by atoms with Crippen LogP contribution in [0.5, 0.6) is 0 Å². The number of benzene rings is 3. The highest BCUT2D eigenvalue weighted by atomic mass is 35.5. The van der Waals surface area contributed by atoms with E-state index in [1.54, 1.807) is 4.90 Å². The zero-order valence-corrected chi connectivity index (χ0v) is 23.0. The molecular weight excluding hydrogens is 494 g/mol. The molecule has 0 saturated heterocycles. The first-order valence-electron chi connectivity index (χ1n) is 13.3. The molecule has 4 aromatic rings. The van der Waals surface area contributed by atoms with Gasteiger partial charge in [0, 0.05) is 48.2 Å². The zero-order chi connectivity index (χ0) is 26.9. The number of amides is 2. The molecule has 6 heteroatoms. The Balaban J connectivity index is 1.48. The molecule has 1 heterocycles. The van der Waals surface area contributed by atoms with Crippen molar-refractivity contribution >= 4 is 34.3 Å². The molecule has 5 nitrogen and oxygen atoms in total. The summed E-state index contributed by atoms with van der Waals surface area (Å²) in [5.41, 5.74) is 4.39. The molecule has 0 radical (unpaired) electrons. The van der Waals surface area contributed by atoms with E-state index in [0.29, 0.717) is 37.5 Å². The lowest BCUT2D eigenvalue weighted by Gasteiger charge is -2.29. The van der Waals surface area contributed by atoms with Crippen molar-refractivity contribution in [3.05, 3.63) is 107 Å². The Morgan fingerprint density at radius 1 is 0.816 bits per heavy atom. The molecule has 38 heavy (non-hydrogen) atoms. The van der Waals surface area contributed by atoms with Crippen molar-refractivity contribution in [3.63, 3.8) is 0 Å². The van der Waals surface area contributed by atoms with Crippen LogP contribution in [0.2, 0.25) is 5.02 Å². The van der Waals surface area contributed by atoms with Crippen LogP contribution < -0.4 is 0 Å². The Bertz CT molecular complexity index is 1330. The van der Waals surface area contributed by atoms with E-state index < -0.39 is 0 Å². The van der Waals surface area contributed by atoms with Crippen LogP contribution in [-0.4, -0.2) is 46.2 Å². The fourth-order valence-electron chi connectivity index (χ4n) is 4.71. The van der Waals surface area contributed by atoms with Crippen molar-refractivity contribution in [2.45, 2.75) is 39.7 Å². The molecule has 0 aliphatic heterocycles. The molecule has 1 aromatic heterocycles. The number of rotatable bonds is 12. The van der Waals surface area contributed by atoms with Crippen molar-refractivity contribution < 1.29 is 9.59 Å². The van der Waals surface area contributed by atoms with Gasteiger partial charge >= 0.3 is 0 Å². The van der Waals surface area contributed by atoms with Crippen molar-refractivity contribution in [3.8, 4) is 0 Å². The summed E-state index contributed by atoms with van der Waals surface area (Å²) in [6, 6.07) is 25.8. The van der Waals surface area contributed by atoms with Gasteiger partial charge in [-0.3, -0.25) is 9.59 Å². The summed E-state index contributed by atoms with van der Waals surface area (Å²) in [6.07, 6.45) is 3.79. The number of aryl methyl sites for hydroxylation is 1. The quantitative estimate of drug-likeness (QED) is 0.227. The lowest BCUT2D eigenvalue weighted by Crippen LogP contribution is -2.44. The number of aromatic amines is 1. The molecule has 2 amide bonds. The Labute approximate surface area is 230 Å². The van der Waals surface area contributed by atoms with E-state index in [1.165, 1.54) is 10.9 Å². The molecule has 0 spiro atoms. The molecule has 0 saturated carbocycles. The molecule has 0 atom stereocenters. The maximum atomic E-state index is 13.7. The summed E-state index contributed by atoms with van der Waals surface area (Å²) in [4.78, 5) is 33.9. The third kappa shape index (κ3) is 7.72. The molecule has 0 aliphatic rings. The van der Waals surface area contributed by atoms with Crippen LogP contribution in [0.3, 0.4) is 0 Å². The van der Waals surface area contributed by atoms with Crippen LogP contribution in [0.4, 0.5) is 0 Å². The molecule has 0 unspecified atom stereocenters. The topological polar surface area (TPSA) is 56.4 Å². The summed E-state index contributed by atoms with van der Waals surface area (Å²) in [7, 11) is 0. The number of H-pyrrole nitrogens is 1. The molecule has 0 fully saturated rings. The summed E-state index contributed by atoms with van der Waals surface area (Å²) >= 11 is 6.09. The van der Waals surface area contributed by atoms with Gasteiger partial charge in [0.05, 0.1) is 6.54 Å². The third-order valence-corrected chi connectivity index (χ3v) is 6.95. The van der Waals surface area contributed by atoms with E-state index in [4.69, 9.17) is 11.6 Å². The molecule has 1 N–H and O–H groups in total. The Morgan fingerprint density at radius 2 is 1.53 bits per heavy atom. The number of halogens is 1. The van der Waals surface area contributed by atoms with Crippen molar-refractivity contribution in [1.29, 1.82) is 0 Å². The Kier molecular flexibility index (Phi) is 9.61. The van der Waals surface area contributed by atoms with Crippen LogP contribution in [0.1, 0.15) is 37.0 Å². The number of carbonyl (C=O) groups is 2. The number of hydrogen-bond donors (Lipinski definition) is 1. The monoisotopic (exact) mass is 529 g/mol. The van der Waals surface area contributed by atoms with Crippen LogP contribution in [0.15, 0.2) is 85.1 Å². The standard InChI is InChI=1S/C32H36ClN3O2/c1-24(2)21-36(31(37)17-14-25-8-4-3-5-9-25)23-32(38)35(22-26-12-15-28(33)16-13-26)19-18-27-20-34-30-11-7-6-10-29(27)30/h3-13,15-16,20,24,34H,14,17-19,21-23H2,1-2H3. The first kappa shape index (κ1) is 27.5. The first-order valence-corrected chi connectivity index (χ1v) is 13.7. The van der Waals surface area contributed by atoms with Gasteiger partial charge in [0.2, 0.25) is 11.8 Å². The largest absolute Gasteiger partial charge is 0.361 e. The lowest BCUT2D eigenvalue weighted by molar-refractivity contribution is -0.141. The molecular formula is C32H36ClN3O2. The van der Waals surface area contributed by atoms with Crippen molar-refractivity contribution in [1.82, 2.24) is 14.8 Å². The van der Waals surface area contributed by atoms with Gasteiger partial charge in [0.1, 0.15) is 0 Å². The van der Waals surface area contributed by atoms with Gasteiger partial charge in [-0.05, 0) is 53.6 Å². The summed E-state index contributed by atoms with van der Waals surface area (Å²) in [6.45, 7) is 5.79. The number of aromatic nitrogens is 1. The second-order valence-electron chi connectivity index (χ2n) is 10.2. The lowest BCUT2D eigenvalue weighted by atomic mass is 10.1. The highest BCUT2D eigenvalue weighted by Crippen LogP contribution is 2.19. The van der Waals surface area contributed by atoms with Gasteiger partial charge < -0.3 is 14.8 Å². The van der Waals surface area contributed by atoms with E-state index in [0.717, 1.165) is 23.1 Å². The predicted octanol–water partition coefficient (Wildman–Crippen LogP) is 6.51. The van der Waals surface area contributed by atoms with Crippen LogP contribution in [0.25, 0.3) is 10.9 Å². The number of nitrogens with one attached hydrogen (secondary N) is 1. The normalized spacial score (nSPS) is 11.2. The highest BCUT2D eigenvalue weighted by molar-refractivity contribution is 6.30. The maximum absolute atomic E-state index is 13.7. The van der Waals surface area contributed by atoms with Gasteiger partial charge in [-0.15, -0.1) is 0 Å². The minimum absolute atomic E-state index is 0.0129. The summed E-state index contributed by atoms with van der Waals surface area (Å²) in [5, 5.41) is 1.83. The Hall–Kier alpha value is -3.57. The van der Waals surface area contributed by atoms with Crippen LogP contribution in [0, 0.1) is 5.92 Å². The van der Waals surface area contributed by atoms with Gasteiger partial charge in [-0.25, -0.2) is 0 Å². The molecule has 198 valence electrons. The fourth-order valence-corrected chi connectivity index (χ4v) is 4.83. The van der Waals surface area contributed by atoms with Gasteiger partial charge in [-0.2, -0.15) is 0 Å². The number of para-hydroxylation sites is 1. The summed E-state index contributed by atoms with van der Waals surface area (Å²) < 4.78 is 0. The minimum atomic E-state index is -0.0477. The Morgan fingerprint density at radius 3 is 2.26 bits per heavy atom. The van der Waals surface area contributed by atoms with E-state index in [1.807, 2.05) is 77.8 Å². The van der Waals surface area contributed by atoms with E-state index in [-0.39, 0.29) is 24.3 Å². The predicted molar refractivity (Wildman–Crippen MR) is 155 cm³/mol. The van der Waals surface area contributed by atoms with Gasteiger partial charge in [-0.1, -0.05) is 86.1 Å². The SMILES string of the molecule is CC(C)CN(CC(=O)N(CCc1c[nH]c2ccccc12)Cc1ccc(Cl)cc1)C(=O)CCc1ccccc1. The number of fused-ring (bicyclic) bond motifs is 1. The molecule has 0 bridgehead atoms. The summed E-state index contributed by atoms with van der Waals surface area (Å²) in [5.74, 6) is 0.229. The average molecular weight is 530 g/mol. The fraction of sp³-hybridized carbons (Fsp3) is 0.312. The van der Waals surface area contributed by atoms with E-state index in [2.05, 4.69) is 31.0 Å². The molecule has 4 rings (SSSR count). The highest BCUT2D eigenvalue weighted by Gasteiger charge is 2.22. The number of nitrogens with zero attached hydrogens (tertiary/aromatic N) is 2. The smallest absolute Gasteiger partial charge is 0.242 e. The third-order valence-electron chi connectivity index (χ3n) is 6.70. The molecule has 0 aliphatic carbocycles. The van der Waals surface area contributed by atoms with E-state index in [9.17, 15) is 9.59 Å². The van der Waals surface area contributed by atoms with Crippen LogP contribution >= 0.6 is 11.6 Å². The van der Waals surface area contributed by atoms with Crippen molar-refractivity contribution in [2.75, 3.05) is 19.6 Å². The number of carbonyl (C=O) groups excluding carboxylic acids is 2. The zero-order valence-electron chi connectivity index (χ0n) is 22.2. The first-order chi connectivity index (χ1) is 18.4.